The first-order valence-electron chi connectivity index (χ1n) is 7.51. The lowest BCUT2D eigenvalue weighted by Crippen LogP contribution is -2.38. The Balaban J connectivity index is 1.55. The second-order valence-corrected chi connectivity index (χ2v) is 5.58. The maximum Gasteiger partial charge on any atom is 0.148 e. The predicted octanol–water partition coefficient (Wildman–Crippen LogP) is 2.51. The molecule has 1 saturated heterocycles. The largest absolute Gasteiger partial charge is 0.368 e. The van der Waals surface area contributed by atoms with Gasteiger partial charge in [0.15, 0.2) is 0 Å². The first kappa shape index (κ1) is 13.8. The summed E-state index contributed by atoms with van der Waals surface area (Å²) in [6, 6.07) is 10.1. The van der Waals surface area contributed by atoms with E-state index in [0.29, 0.717) is 5.92 Å². The molecule has 2 aromatic rings. The fourth-order valence-corrected chi connectivity index (χ4v) is 2.72. The van der Waals surface area contributed by atoms with Gasteiger partial charge in [0.25, 0.3) is 0 Å². The normalized spacial score (nSPS) is 18.5. The molecular formula is C16H21N5. The molecule has 21 heavy (non-hydrogen) atoms. The third-order valence-corrected chi connectivity index (χ3v) is 3.86. The average Bonchev–Trinajstić information content (AvgIpc) is 2.55. The molecule has 0 radical (unpaired) electrons. The van der Waals surface area contributed by atoms with Crippen LogP contribution in [0.3, 0.4) is 0 Å². The lowest BCUT2D eigenvalue weighted by atomic mass is 9.98. The highest BCUT2D eigenvalue weighted by Crippen LogP contribution is 2.21. The van der Waals surface area contributed by atoms with Gasteiger partial charge in [0.05, 0.1) is 5.69 Å². The molecule has 1 aliphatic rings. The van der Waals surface area contributed by atoms with Gasteiger partial charge in [0, 0.05) is 25.8 Å². The number of nitrogens with zero attached hydrogens (tertiary/aromatic N) is 4. The summed E-state index contributed by atoms with van der Waals surface area (Å²) in [4.78, 5) is 6.82. The number of nitrogens with one attached hydrogen (secondary N) is 1. The van der Waals surface area contributed by atoms with Crippen LogP contribution in [-0.4, -0.2) is 34.8 Å². The smallest absolute Gasteiger partial charge is 0.148 e. The minimum Gasteiger partial charge on any atom is -0.368 e. The van der Waals surface area contributed by atoms with Crippen molar-refractivity contribution in [3.63, 3.8) is 0 Å². The fourth-order valence-electron chi connectivity index (χ4n) is 2.72. The summed E-state index contributed by atoms with van der Waals surface area (Å²) in [6.45, 7) is 5.02. The predicted molar refractivity (Wildman–Crippen MR) is 84.4 cm³/mol. The van der Waals surface area contributed by atoms with Gasteiger partial charge in [0.2, 0.25) is 0 Å². The number of piperidine rings is 1. The van der Waals surface area contributed by atoms with E-state index in [4.69, 9.17) is 0 Å². The summed E-state index contributed by atoms with van der Waals surface area (Å²) >= 11 is 0. The molecule has 0 amide bonds. The summed E-state index contributed by atoms with van der Waals surface area (Å²) in [5.41, 5.74) is 0.944. The van der Waals surface area contributed by atoms with E-state index in [1.807, 2.05) is 37.4 Å². The Morgan fingerprint density at radius 2 is 2.19 bits per heavy atom. The van der Waals surface area contributed by atoms with Crippen LogP contribution in [0.2, 0.25) is 0 Å². The van der Waals surface area contributed by atoms with E-state index < -0.39 is 0 Å². The molecule has 0 bridgehead atoms. The second kappa shape index (κ2) is 6.52. The van der Waals surface area contributed by atoms with Crippen LogP contribution in [0.1, 0.15) is 18.5 Å². The van der Waals surface area contributed by atoms with Crippen molar-refractivity contribution in [3.8, 4) is 0 Å². The van der Waals surface area contributed by atoms with Gasteiger partial charge < -0.3 is 10.2 Å². The molecule has 110 valence electrons. The summed E-state index contributed by atoms with van der Waals surface area (Å²) in [6.07, 6.45) is 4.32. The Labute approximate surface area is 125 Å². The van der Waals surface area contributed by atoms with Crippen molar-refractivity contribution < 1.29 is 0 Å². The van der Waals surface area contributed by atoms with Crippen LogP contribution < -0.4 is 10.2 Å². The molecule has 1 aliphatic heterocycles. The molecule has 0 saturated carbocycles. The van der Waals surface area contributed by atoms with Gasteiger partial charge in [-0.1, -0.05) is 6.07 Å². The van der Waals surface area contributed by atoms with Gasteiger partial charge in [-0.25, -0.2) is 4.98 Å². The highest BCUT2D eigenvalue weighted by molar-refractivity contribution is 5.38. The molecule has 1 unspecified atom stereocenters. The van der Waals surface area contributed by atoms with Crippen LogP contribution in [0.25, 0.3) is 0 Å². The highest BCUT2D eigenvalue weighted by Gasteiger charge is 2.20. The quantitative estimate of drug-likeness (QED) is 0.934. The van der Waals surface area contributed by atoms with Gasteiger partial charge in [-0.3, -0.25) is 0 Å². The first-order valence-corrected chi connectivity index (χ1v) is 7.51. The van der Waals surface area contributed by atoms with Gasteiger partial charge in [-0.15, -0.1) is 5.10 Å². The Bertz CT molecular complexity index is 555. The maximum atomic E-state index is 4.45. The molecule has 5 nitrogen and oxygen atoms in total. The van der Waals surface area contributed by atoms with Crippen molar-refractivity contribution in [1.82, 2.24) is 15.2 Å². The Morgan fingerprint density at radius 3 is 2.95 bits per heavy atom. The third kappa shape index (κ3) is 3.68. The SMILES string of the molecule is Cc1ccc(NCC2CCCN(c3ccccn3)C2)nn1. The zero-order valence-electron chi connectivity index (χ0n) is 12.4. The summed E-state index contributed by atoms with van der Waals surface area (Å²) in [5.74, 6) is 2.55. The van der Waals surface area contributed by atoms with Gasteiger partial charge in [0.1, 0.15) is 11.6 Å². The maximum absolute atomic E-state index is 4.45. The molecule has 1 atom stereocenters. The van der Waals surface area contributed by atoms with Crippen molar-refractivity contribution in [2.45, 2.75) is 19.8 Å². The van der Waals surface area contributed by atoms with E-state index in [2.05, 4.69) is 31.5 Å². The minimum atomic E-state index is 0.615. The number of pyridine rings is 1. The lowest BCUT2D eigenvalue weighted by Gasteiger charge is -2.33. The molecule has 2 aromatic heterocycles. The molecule has 1 fully saturated rings. The summed E-state index contributed by atoms with van der Waals surface area (Å²) in [7, 11) is 0. The third-order valence-electron chi connectivity index (χ3n) is 3.86. The van der Waals surface area contributed by atoms with Crippen molar-refractivity contribution in [2.75, 3.05) is 29.9 Å². The van der Waals surface area contributed by atoms with E-state index in [1.165, 1.54) is 12.8 Å². The molecule has 0 aromatic carbocycles. The minimum absolute atomic E-state index is 0.615. The van der Waals surface area contributed by atoms with Gasteiger partial charge >= 0.3 is 0 Å². The average molecular weight is 283 g/mol. The van der Waals surface area contributed by atoms with Crippen molar-refractivity contribution >= 4 is 11.6 Å². The zero-order chi connectivity index (χ0) is 14.5. The van der Waals surface area contributed by atoms with Crippen molar-refractivity contribution in [2.24, 2.45) is 5.92 Å². The number of hydrogen-bond donors (Lipinski definition) is 1. The fraction of sp³-hybridized carbons (Fsp3) is 0.438. The van der Waals surface area contributed by atoms with Gasteiger partial charge in [-0.05, 0) is 49.9 Å². The number of aryl methyl sites for hydroxylation is 1. The van der Waals surface area contributed by atoms with E-state index in [1.54, 1.807) is 0 Å². The molecule has 3 rings (SSSR count). The van der Waals surface area contributed by atoms with Crippen molar-refractivity contribution in [3.05, 3.63) is 42.2 Å². The molecule has 1 N–H and O–H groups in total. The van der Waals surface area contributed by atoms with E-state index in [-0.39, 0.29) is 0 Å². The van der Waals surface area contributed by atoms with Crippen LogP contribution in [0.5, 0.6) is 0 Å². The van der Waals surface area contributed by atoms with Crippen molar-refractivity contribution in [1.29, 1.82) is 0 Å². The number of hydrogen-bond acceptors (Lipinski definition) is 5. The van der Waals surface area contributed by atoms with Crippen LogP contribution >= 0.6 is 0 Å². The highest BCUT2D eigenvalue weighted by atomic mass is 15.2. The molecule has 0 aliphatic carbocycles. The number of rotatable bonds is 4. The topological polar surface area (TPSA) is 53.9 Å². The molecule has 0 spiro atoms. The molecule has 5 heteroatoms. The molecule has 3 heterocycles. The zero-order valence-corrected chi connectivity index (χ0v) is 12.4. The van der Waals surface area contributed by atoms with Crippen LogP contribution in [0.15, 0.2) is 36.5 Å². The number of anilines is 2. The van der Waals surface area contributed by atoms with Crippen LogP contribution in [-0.2, 0) is 0 Å². The Hall–Kier alpha value is -2.17. The van der Waals surface area contributed by atoms with E-state index in [0.717, 1.165) is 37.0 Å². The van der Waals surface area contributed by atoms with Crippen LogP contribution in [0, 0.1) is 12.8 Å². The summed E-state index contributed by atoms with van der Waals surface area (Å²) in [5, 5.41) is 11.6. The molecular weight excluding hydrogens is 262 g/mol. The first-order chi connectivity index (χ1) is 10.3. The monoisotopic (exact) mass is 283 g/mol. The summed E-state index contributed by atoms with van der Waals surface area (Å²) < 4.78 is 0. The van der Waals surface area contributed by atoms with Crippen LogP contribution in [0.4, 0.5) is 11.6 Å². The van der Waals surface area contributed by atoms with E-state index >= 15 is 0 Å². The number of aromatic nitrogens is 3. The lowest BCUT2D eigenvalue weighted by molar-refractivity contribution is 0.430. The van der Waals surface area contributed by atoms with E-state index in [9.17, 15) is 0 Å². The van der Waals surface area contributed by atoms with Gasteiger partial charge in [-0.2, -0.15) is 5.10 Å². The Morgan fingerprint density at radius 1 is 1.24 bits per heavy atom. The standard InChI is InChI=1S/C16H21N5/c1-13-7-8-15(20-19-13)18-11-14-5-4-10-21(12-14)16-6-2-3-9-17-16/h2-3,6-9,14H,4-5,10-12H2,1H3,(H,18,20). The Kier molecular flexibility index (Phi) is 4.28. The second-order valence-electron chi connectivity index (χ2n) is 5.58.